The zero-order valence-corrected chi connectivity index (χ0v) is 12.5. The lowest BCUT2D eigenvalue weighted by Gasteiger charge is -2.20. The highest BCUT2D eigenvalue weighted by atomic mass is 35.5. The molecule has 1 aromatic carbocycles. The molecule has 0 bridgehead atoms. The molecule has 0 saturated heterocycles. The van der Waals surface area contributed by atoms with Gasteiger partial charge < -0.3 is 31.1 Å². The summed E-state index contributed by atoms with van der Waals surface area (Å²) in [5, 5.41) is 34.1. The van der Waals surface area contributed by atoms with Crippen molar-refractivity contribution in [2.45, 2.75) is 11.4 Å². The van der Waals surface area contributed by atoms with E-state index in [-0.39, 0.29) is 12.4 Å². The van der Waals surface area contributed by atoms with Crippen LogP contribution in [0.3, 0.4) is 0 Å². The van der Waals surface area contributed by atoms with E-state index in [4.69, 9.17) is 31.1 Å². The molecule has 9 heteroatoms. The Hall–Kier alpha value is -0.500. The Kier molecular flexibility index (Phi) is 12.2. The summed E-state index contributed by atoms with van der Waals surface area (Å²) in [5.74, 6) is -1.22. The minimum Gasteiger partial charge on any atom is -0.394 e. The van der Waals surface area contributed by atoms with Crippen molar-refractivity contribution in [2.24, 2.45) is 5.73 Å². The Morgan fingerprint density at radius 3 is 1.75 bits per heavy atom. The molecular formula is C11H21ClNO6P. The van der Waals surface area contributed by atoms with Crippen molar-refractivity contribution < 1.29 is 29.9 Å². The highest BCUT2D eigenvalue weighted by Gasteiger charge is 2.20. The predicted octanol–water partition coefficient (Wildman–Crippen LogP) is -0.773. The average molecular weight is 330 g/mol. The maximum Gasteiger partial charge on any atom is 0.221 e. The molecule has 0 fully saturated rings. The van der Waals surface area contributed by atoms with Gasteiger partial charge in [0.05, 0.1) is 25.4 Å². The van der Waals surface area contributed by atoms with E-state index in [1.807, 2.05) is 0 Å². The molecule has 20 heavy (non-hydrogen) atoms. The number of aliphatic hydroxyl groups is 4. The first-order valence-electron chi connectivity index (χ1n) is 5.47. The van der Waals surface area contributed by atoms with E-state index in [1.165, 1.54) is 0 Å². The molecule has 118 valence electrons. The molecule has 7 nitrogen and oxygen atoms in total. The predicted molar refractivity (Wildman–Crippen MR) is 78.0 cm³/mol. The molecule has 0 aliphatic rings. The summed E-state index contributed by atoms with van der Waals surface area (Å²) in [5.41, 5.74) is 4.42. The minimum absolute atomic E-state index is 0. The van der Waals surface area contributed by atoms with Crippen LogP contribution in [0.15, 0.2) is 30.3 Å². The molecule has 1 aromatic rings. The molecule has 0 radical (unpaired) electrons. The fourth-order valence-corrected chi connectivity index (χ4v) is 1.41. The average Bonchev–Trinajstić information content (AvgIpc) is 2.47. The van der Waals surface area contributed by atoms with Crippen LogP contribution in [0.25, 0.3) is 0 Å². The van der Waals surface area contributed by atoms with Crippen LogP contribution in [0.1, 0.15) is 11.4 Å². The number of halogens is 1. The smallest absolute Gasteiger partial charge is 0.221 e. The van der Waals surface area contributed by atoms with E-state index in [2.05, 4.69) is 0 Å². The quantitative estimate of drug-likeness (QED) is 0.389. The molecule has 0 heterocycles. The van der Waals surface area contributed by atoms with Gasteiger partial charge in [0, 0.05) is 0 Å². The summed E-state index contributed by atoms with van der Waals surface area (Å²) in [7, 11) is -2.86. The number of rotatable bonds is 5. The van der Waals surface area contributed by atoms with Gasteiger partial charge in [0.25, 0.3) is 0 Å². The fraction of sp³-hybridized carbons (Fsp3) is 0.455. The molecule has 0 aromatic heterocycles. The van der Waals surface area contributed by atoms with Gasteiger partial charge >= 0.3 is 0 Å². The third kappa shape index (κ3) is 7.94. The van der Waals surface area contributed by atoms with Crippen LogP contribution in [0.4, 0.5) is 0 Å². The Morgan fingerprint density at radius 2 is 1.50 bits per heavy atom. The van der Waals surface area contributed by atoms with Gasteiger partial charge in [0.2, 0.25) is 8.03 Å². The zero-order chi connectivity index (χ0) is 14.9. The lowest BCUT2D eigenvalue weighted by atomic mass is 10.1. The number of nitrogens with two attached hydrogens (primary N) is 1. The van der Waals surface area contributed by atoms with Gasteiger partial charge in [-0.3, -0.25) is 4.57 Å². The molecule has 0 aliphatic heterocycles. The Labute approximate surface area is 124 Å². The molecule has 1 rings (SSSR count). The van der Waals surface area contributed by atoms with E-state index in [0.29, 0.717) is 5.56 Å². The van der Waals surface area contributed by atoms with Crippen LogP contribution >= 0.6 is 20.4 Å². The van der Waals surface area contributed by atoms with Gasteiger partial charge in [-0.1, -0.05) is 30.3 Å². The summed E-state index contributed by atoms with van der Waals surface area (Å²) in [6, 6.07) is 8.43. The molecule has 0 saturated carbocycles. The molecule has 0 amide bonds. The van der Waals surface area contributed by atoms with Gasteiger partial charge in [0.15, 0.2) is 5.85 Å². The van der Waals surface area contributed by atoms with Gasteiger partial charge in [-0.15, -0.1) is 12.4 Å². The highest BCUT2D eigenvalue weighted by molar-refractivity contribution is 7.38. The second kappa shape index (κ2) is 11.2. The standard InChI is InChI=1S/C7H9O3P.C4H11NO3.ClH/c8-7(11(9)10)6-4-2-1-3-5-6;5-4(1-6,2-7)3-8;/h1-5,7-8,11H,(H,9,10);6-8H,1-3,5H2;1H. The summed E-state index contributed by atoms with van der Waals surface area (Å²) < 4.78 is 10.4. The Bertz CT molecular complexity index is 368. The van der Waals surface area contributed by atoms with Crippen molar-refractivity contribution in [3.63, 3.8) is 0 Å². The largest absolute Gasteiger partial charge is 0.394 e. The lowest BCUT2D eigenvalue weighted by molar-refractivity contribution is 0.0697. The van der Waals surface area contributed by atoms with Gasteiger partial charge in [0.1, 0.15) is 0 Å². The van der Waals surface area contributed by atoms with Crippen molar-refractivity contribution in [3.8, 4) is 0 Å². The minimum atomic E-state index is -2.86. The van der Waals surface area contributed by atoms with E-state index in [9.17, 15) is 4.57 Å². The van der Waals surface area contributed by atoms with Crippen LogP contribution in [-0.2, 0) is 4.57 Å². The number of benzene rings is 1. The van der Waals surface area contributed by atoms with Crippen LogP contribution in [0.5, 0.6) is 0 Å². The van der Waals surface area contributed by atoms with E-state index in [1.54, 1.807) is 30.3 Å². The number of hydrogen-bond donors (Lipinski definition) is 6. The monoisotopic (exact) mass is 329 g/mol. The van der Waals surface area contributed by atoms with Crippen molar-refractivity contribution in [3.05, 3.63) is 35.9 Å². The van der Waals surface area contributed by atoms with E-state index < -0.39 is 39.2 Å². The Balaban J connectivity index is 0. The van der Waals surface area contributed by atoms with Gasteiger partial charge in [-0.05, 0) is 5.56 Å². The summed E-state index contributed by atoms with van der Waals surface area (Å²) in [6.07, 6.45) is 0. The SMILES string of the molecule is Cl.NC(CO)(CO)CO.O=[PH](O)C(O)c1ccccc1. The van der Waals surface area contributed by atoms with Crippen molar-refractivity contribution in [1.82, 2.24) is 0 Å². The van der Waals surface area contributed by atoms with Crippen molar-refractivity contribution >= 4 is 20.4 Å². The first-order chi connectivity index (χ1) is 8.90. The second-order valence-corrected chi connectivity index (χ2v) is 5.21. The number of hydrogen-bond acceptors (Lipinski definition) is 6. The van der Waals surface area contributed by atoms with Gasteiger partial charge in [-0.25, -0.2) is 0 Å². The molecule has 0 aliphatic carbocycles. The lowest BCUT2D eigenvalue weighted by Crippen LogP contribution is -2.50. The highest BCUT2D eigenvalue weighted by Crippen LogP contribution is 2.34. The summed E-state index contributed by atoms with van der Waals surface area (Å²) in [4.78, 5) is 8.57. The maximum atomic E-state index is 10.4. The van der Waals surface area contributed by atoms with Crippen LogP contribution in [-0.4, -0.2) is 50.7 Å². The first-order valence-corrected chi connectivity index (χ1v) is 6.90. The second-order valence-electron chi connectivity index (χ2n) is 3.99. The van der Waals surface area contributed by atoms with Crippen LogP contribution in [0.2, 0.25) is 0 Å². The van der Waals surface area contributed by atoms with Gasteiger partial charge in [-0.2, -0.15) is 0 Å². The van der Waals surface area contributed by atoms with E-state index >= 15 is 0 Å². The van der Waals surface area contributed by atoms with Crippen molar-refractivity contribution in [1.29, 1.82) is 0 Å². The first kappa shape index (κ1) is 21.8. The third-order valence-corrected chi connectivity index (χ3v) is 3.10. The summed E-state index contributed by atoms with van der Waals surface area (Å²) in [6.45, 7) is -1.21. The summed E-state index contributed by atoms with van der Waals surface area (Å²) >= 11 is 0. The molecule has 2 unspecified atom stereocenters. The zero-order valence-electron chi connectivity index (χ0n) is 10.7. The molecule has 2 atom stereocenters. The van der Waals surface area contributed by atoms with E-state index in [0.717, 1.165) is 0 Å². The van der Waals surface area contributed by atoms with Crippen LogP contribution in [0, 0.1) is 0 Å². The molecular weight excluding hydrogens is 309 g/mol. The molecule has 0 spiro atoms. The number of aliphatic hydroxyl groups excluding tert-OH is 4. The topological polar surface area (TPSA) is 144 Å². The fourth-order valence-electron chi connectivity index (χ4n) is 0.928. The van der Waals surface area contributed by atoms with Crippen molar-refractivity contribution in [2.75, 3.05) is 19.8 Å². The maximum absolute atomic E-state index is 10.4. The molecule has 7 N–H and O–H groups in total. The van der Waals surface area contributed by atoms with Crippen LogP contribution < -0.4 is 5.73 Å². The Morgan fingerprint density at radius 1 is 1.10 bits per heavy atom. The third-order valence-electron chi connectivity index (χ3n) is 2.29. The normalized spacial score (nSPS) is 13.5.